The maximum atomic E-state index is 14.7. The monoisotopic (exact) mass is 812 g/mol. The molecule has 1 heterocycles. The number of nitrogens with two attached hydrogens (primary N) is 1. The first-order chi connectivity index (χ1) is 27.4. The van der Waals surface area contributed by atoms with Gasteiger partial charge in [0.25, 0.3) is 11.8 Å². The zero-order chi connectivity index (χ0) is 42.7. The number of halogens is 2. The summed E-state index contributed by atoms with van der Waals surface area (Å²) in [6.07, 6.45) is 3.28. The number of methoxy groups -OCH3 is 1. The van der Waals surface area contributed by atoms with Crippen molar-refractivity contribution >= 4 is 41.2 Å². The molecule has 4 rings (SSSR count). The van der Waals surface area contributed by atoms with Gasteiger partial charge in [-0.05, 0) is 75.8 Å². The summed E-state index contributed by atoms with van der Waals surface area (Å²) < 4.78 is 40.7. The highest BCUT2D eigenvalue weighted by Gasteiger charge is 2.46. The van der Waals surface area contributed by atoms with Gasteiger partial charge < -0.3 is 41.4 Å². The summed E-state index contributed by atoms with van der Waals surface area (Å²) in [6.45, 7) is 6.39. The van der Waals surface area contributed by atoms with Crippen molar-refractivity contribution in [3.8, 4) is 5.75 Å². The Kier molecular flexibility index (Phi) is 15.8. The van der Waals surface area contributed by atoms with Crippen molar-refractivity contribution in [2.24, 2.45) is 11.7 Å². The van der Waals surface area contributed by atoms with Gasteiger partial charge in [0.05, 0.1) is 31.4 Å². The number of primary amides is 1. The molecule has 1 aliphatic heterocycles. The number of benzene rings is 2. The fraction of sp³-hybridized carbons (Fsp3) is 0.537. The SMILES string of the molecule is CCCC(NC(=O)[C@@H]1C[C@@H](OC(C)(C)C)CN1C(=O)[C@@H](NC(=O)c1c(F)cccc1F)C1CCCCC1)C(=O)C(=O)NCC(=O)NC(C(N)=O)c1cccc(OC)c1. The number of hydrogen-bond donors (Lipinski definition) is 5. The fourth-order valence-corrected chi connectivity index (χ4v) is 7.41. The van der Waals surface area contributed by atoms with E-state index >= 15 is 0 Å². The van der Waals surface area contributed by atoms with E-state index in [9.17, 15) is 42.3 Å². The molecular weight excluding hydrogens is 758 g/mol. The number of ether oxygens (including phenoxy) is 2. The van der Waals surface area contributed by atoms with E-state index in [0.29, 0.717) is 30.6 Å². The third-order valence-corrected chi connectivity index (χ3v) is 10.1. The number of carbonyl (C=O) groups excluding carboxylic acids is 7. The van der Waals surface area contributed by atoms with E-state index in [2.05, 4.69) is 21.3 Å². The largest absolute Gasteiger partial charge is 0.497 e. The molecule has 5 atom stereocenters. The summed E-state index contributed by atoms with van der Waals surface area (Å²) >= 11 is 0. The average Bonchev–Trinajstić information content (AvgIpc) is 3.60. The standard InChI is InChI=1S/C41H54F2N6O9/c1-6-12-29(35(51)39(55)45-21-31(50)47-33(36(44)52)24-15-10-16-25(19-24)57-5)46-37(53)30-20-26(58-41(2,3)4)22-49(30)40(56)34(23-13-8-7-9-14-23)48-38(54)32-27(42)17-11-18-28(32)43/h10-11,15-19,23,26,29-30,33-34H,6-9,12-14,20-22H2,1-5H3,(H2,44,52)(H,45,55)(H,46,53)(H,47,50)(H,48,54)/t26-,29?,30+,33?,34+/m1/s1. The molecule has 0 aromatic heterocycles. The number of amides is 6. The Morgan fingerprint density at radius 1 is 0.931 bits per heavy atom. The molecule has 6 amide bonds. The number of nitrogens with zero attached hydrogens (tertiary/aromatic N) is 1. The Bertz CT molecular complexity index is 1830. The van der Waals surface area contributed by atoms with E-state index < -0.39 is 107 Å². The molecule has 17 heteroatoms. The van der Waals surface area contributed by atoms with Crippen LogP contribution in [0.15, 0.2) is 42.5 Å². The van der Waals surface area contributed by atoms with E-state index in [0.717, 1.165) is 37.5 Å². The summed E-state index contributed by atoms with van der Waals surface area (Å²) in [4.78, 5) is 94.7. The minimum absolute atomic E-state index is 0.00976. The summed E-state index contributed by atoms with van der Waals surface area (Å²) in [7, 11) is 1.43. The van der Waals surface area contributed by atoms with Crippen molar-refractivity contribution in [2.75, 3.05) is 20.2 Å². The number of Topliss-reactive ketones (excluding diaryl/α,β-unsaturated/α-hetero) is 1. The normalized spacial score (nSPS) is 18.6. The molecule has 2 unspecified atom stereocenters. The highest BCUT2D eigenvalue weighted by atomic mass is 19.1. The summed E-state index contributed by atoms with van der Waals surface area (Å²) in [6, 6.07) is 4.22. The van der Waals surface area contributed by atoms with Crippen molar-refractivity contribution in [2.45, 2.75) is 115 Å². The molecule has 6 N–H and O–H groups in total. The lowest BCUT2D eigenvalue weighted by atomic mass is 9.83. The molecular formula is C41H54F2N6O9. The van der Waals surface area contributed by atoms with Crippen molar-refractivity contribution < 1.29 is 51.8 Å². The molecule has 2 fully saturated rings. The summed E-state index contributed by atoms with van der Waals surface area (Å²) in [5.41, 5.74) is 4.32. The molecule has 15 nitrogen and oxygen atoms in total. The Morgan fingerprint density at radius 3 is 2.19 bits per heavy atom. The van der Waals surface area contributed by atoms with E-state index in [1.807, 2.05) is 20.8 Å². The van der Waals surface area contributed by atoms with Crippen LogP contribution in [0.4, 0.5) is 8.78 Å². The molecule has 2 aliphatic rings. The van der Waals surface area contributed by atoms with Crippen LogP contribution in [0.2, 0.25) is 0 Å². The first-order valence-corrected chi connectivity index (χ1v) is 19.5. The number of ketones is 1. The molecule has 0 radical (unpaired) electrons. The second-order valence-electron chi connectivity index (χ2n) is 15.6. The van der Waals surface area contributed by atoms with Crippen LogP contribution in [-0.4, -0.2) is 96.2 Å². The van der Waals surface area contributed by atoms with E-state index in [4.69, 9.17) is 15.2 Å². The highest BCUT2D eigenvalue weighted by molar-refractivity contribution is 6.38. The Hall–Kier alpha value is -5.45. The number of hydrogen-bond acceptors (Lipinski definition) is 9. The lowest BCUT2D eigenvalue weighted by molar-refractivity contribution is -0.143. The number of likely N-dealkylation sites (tertiary alicyclic amines) is 1. The van der Waals surface area contributed by atoms with Gasteiger partial charge in [-0.15, -0.1) is 0 Å². The molecule has 0 bridgehead atoms. The maximum absolute atomic E-state index is 14.7. The van der Waals surface area contributed by atoms with Crippen LogP contribution >= 0.6 is 0 Å². The molecule has 1 aliphatic carbocycles. The quantitative estimate of drug-likeness (QED) is 0.148. The first-order valence-electron chi connectivity index (χ1n) is 19.5. The van der Waals surface area contributed by atoms with E-state index in [-0.39, 0.29) is 19.4 Å². The van der Waals surface area contributed by atoms with Gasteiger partial charge in [-0.3, -0.25) is 33.6 Å². The van der Waals surface area contributed by atoms with Crippen molar-refractivity contribution in [3.05, 3.63) is 65.2 Å². The first kappa shape index (κ1) is 45.3. The zero-order valence-corrected chi connectivity index (χ0v) is 33.5. The number of nitrogens with one attached hydrogen (secondary N) is 4. The van der Waals surface area contributed by atoms with Gasteiger partial charge in [-0.2, -0.15) is 0 Å². The van der Waals surface area contributed by atoms with Crippen LogP contribution < -0.4 is 31.7 Å². The van der Waals surface area contributed by atoms with Gasteiger partial charge in [0.15, 0.2) is 0 Å². The molecule has 316 valence electrons. The van der Waals surface area contributed by atoms with E-state index in [1.54, 1.807) is 25.1 Å². The van der Waals surface area contributed by atoms with Crippen LogP contribution in [0, 0.1) is 17.6 Å². The second-order valence-corrected chi connectivity index (χ2v) is 15.6. The van der Waals surface area contributed by atoms with Crippen LogP contribution in [0.3, 0.4) is 0 Å². The predicted molar refractivity (Wildman–Crippen MR) is 207 cm³/mol. The molecule has 1 saturated carbocycles. The lowest BCUT2D eigenvalue weighted by Crippen LogP contribution is -2.58. The van der Waals surface area contributed by atoms with Gasteiger partial charge in [0.2, 0.25) is 29.4 Å². The third kappa shape index (κ3) is 12.0. The average molecular weight is 813 g/mol. The Balaban J connectivity index is 1.51. The molecule has 2 aromatic rings. The van der Waals surface area contributed by atoms with Gasteiger partial charge in [0, 0.05) is 13.0 Å². The topological polar surface area (TPSA) is 215 Å². The lowest BCUT2D eigenvalue weighted by Gasteiger charge is -2.35. The van der Waals surface area contributed by atoms with Crippen LogP contribution in [0.1, 0.15) is 101 Å². The second kappa shape index (κ2) is 20.3. The molecule has 2 aromatic carbocycles. The van der Waals surface area contributed by atoms with Gasteiger partial charge in [-0.25, -0.2) is 8.78 Å². The third-order valence-electron chi connectivity index (χ3n) is 10.1. The summed E-state index contributed by atoms with van der Waals surface area (Å²) in [5, 5.41) is 9.84. The van der Waals surface area contributed by atoms with Gasteiger partial charge in [0.1, 0.15) is 41.1 Å². The van der Waals surface area contributed by atoms with Crippen LogP contribution in [0.5, 0.6) is 5.75 Å². The number of rotatable bonds is 17. The Morgan fingerprint density at radius 2 is 1.59 bits per heavy atom. The Labute approximate surface area is 336 Å². The van der Waals surface area contributed by atoms with Crippen molar-refractivity contribution in [1.29, 1.82) is 0 Å². The number of carbonyl (C=O) groups is 7. The smallest absolute Gasteiger partial charge is 0.290 e. The molecule has 58 heavy (non-hydrogen) atoms. The minimum Gasteiger partial charge on any atom is -0.497 e. The molecule has 0 spiro atoms. The molecule has 1 saturated heterocycles. The zero-order valence-electron chi connectivity index (χ0n) is 33.5. The van der Waals surface area contributed by atoms with Crippen molar-refractivity contribution in [1.82, 2.24) is 26.2 Å². The van der Waals surface area contributed by atoms with E-state index in [1.165, 1.54) is 18.1 Å². The summed E-state index contributed by atoms with van der Waals surface area (Å²) in [5.74, 6) is -8.63. The van der Waals surface area contributed by atoms with Gasteiger partial charge in [-0.1, -0.05) is 50.8 Å². The van der Waals surface area contributed by atoms with Crippen molar-refractivity contribution in [3.63, 3.8) is 0 Å². The van der Waals surface area contributed by atoms with Crippen LogP contribution in [-0.2, 0) is 33.5 Å². The maximum Gasteiger partial charge on any atom is 0.290 e. The fourth-order valence-electron chi connectivity index (χ4n) is 7.41. The van der Waals surface area contributed by atoms with Gasteiger partial charge >= 0.3 is 0 Å². The predicted octanol–water partition coefficient (Wildman–Crippen LogP) is 2.75. The van der Waals surface area contributed by atoms with Crippen LogP contribution in [0.25, 0.3) is 0 Å². The minimum atomic E-state index is -1.35. The highest BCUT2D eigenvalue weighted by Crippen LogP contribution is 2.31.